The maximum atomic E-state index is 14.6. The third-order valence-corrected chi connectivity index (χ3v) is 14.1. The number of piperazine rings is 1. The third kappa shape index (κ3) is 10.8. The van der Waals surface area contributed by atoms with Crippen LogP contribution in [0.5, 0.6) is 23.0 Å². The van der Waals surface area contributed by atoms with Crippen LogP contribution in [0.1, 0.15) is 75.7 Å². The predicted octanol–water partition coefficient (Wildman–Crippen LogP) is 7.21. The van der Waals surface area contributed by atoms with E-state index in [-0.39, 0.29) is 44.5 Å². The van der Waals surface area contributed by atoms with Crippen LogP contribution in [0.2, 0.25) is 5.02 Å². The molecule has 18 nitrogen and oxygen atoms in total. The monoisotopic (exact) mass is 999 g/mol. The second kappa shape index (κ2) is 21.5. The number of esters is 1. The Morgan fingerprint density at radius 3 is 2.31 bits per heavy atom. The molecule has 5 bridgehead atoms. The molecule has 0 unspecified atom stereocenters. The van der Waals surface area contributed by atoms with Crippen LogP contribution in [-0.4, -0.2) is 128 Å². The molecule has 19 heteroatoms. The summed E-state index contributed by atoms with van der Waals surface area (Å²) in [5.74, 6) is -7.97. The van der Waals surface area contributed by atoms with E-state index in [4.69, 9.17) is 35.1 Å². The molecule has 0 aliphatic carbocycles. The smallest absolute Gasteiger partial charge is 0.312 e. The van der Waals surface area contributed by atoms with E-state index in [1.807, 2.05) is 18.2 Å². The lowest BCUT2D eigenvalue weighted by molar-refractivity contribution is -0.160. The van der Waals surface area contributed by atoms with Crippen molar-refractivity contribution in [3.05, 3.63) is 93.9 Å². The summed E-state index contributed by atoms with van der Waals surface area (Å²) in [5, 5.41) is 72.5. The Hall–Kier alpha value is -6.44. The van der Waals surface area contributed by atoms with Gasteiger partial charge in [0.1, 0.15) is 29.0 Å². The highest BCUT2D eigenvalue weighted by atomic mass is 35.5. The summed E-state index contributed by atoms with van der Waals surface area (Å²) in [6, 6.07) is 9.18. The standard InChI is InChI=1S/C52H62ClN5O13/c1-26-11-10-12-27(2)51(66)55-42-36(24-54-58-20-18-57(19-21-58)25-35-23-37(56-71-35)33-13-15-34(53)16-14-33)46(63)39-40(47(42)64)45(62)31(6)49-41(39)50(65)52(8,70-49)68-22-17-38(67-9)28(3)48(69-32(7)59)30(5)44(61)29(4)43(26)60/h10-17,22-24,26,28-30,38,43-44,48,60-64H,18-21,25H2,1-9H3,(H,55,66)/b11-10+,22-17+,27-12-,54-24+/t26-,28+,29+,30+,38-,43-,44+,48+,52-/m0/s1. The van der Waals surface area contributed by atoms with Gasteiger partial charge in [-0.15, -0.1) is 0 Å². The van der Waals surface area contributed by atoms with Crippen molar-refractivity contribution in [1.82, 2.24) is 15.1 Å². The van der Waals surface area contributed by atoms with E-state index in [1.165, 1.54) is 59.4 Å². The van der Waals surface area contributed by atoms with E-state index in [2.05, 4.69) is 20.5 Å². The summed E-state index contributed by atoms with van der Waals surface area (Å²) in [7, 11) is 1.43. The van der Waals surface area contributed by atoms with Crippen LogP contribution in [0.15, 0.2) is 76.1 Å². The minimum atomic E-state index is -2.08. The van der Waals surface area contributed by atoms with Gasteiger partial charge in [0.05, 0.1) is 59.5 Å². The van der Waals surface area contributed by atoms with E-state index in [0.717, 1.165) is 5.56 Å². The molecule has 8 rings (SSSR count). The Labute approximate surface area is 416 Å². The van der Waals surface area contributed by atoms with Gasteiger partial charge in [-0.2, -0.15) is 5.10 Å². The fraction of sp³-hybridized carbons (Fsp3) is 0.442. The number of fused-ring (bicyclic) bond motifs is 14. The Morgan fingerprint density at radius 1 is 0.958 bits per heavy atom. The van der Waals surface area contributed by atoms with Gasteiger partial charge in [-0.25, -0.2) is 0 Å². The number of halogens is 1. The molecule has 4 aliphatic rings. The molecule has 9 atom stereocenters. The zero-order valence-corrected chi connectivity index (χ0v) is 41.9. The Kier molecular flexibility index (Phi) is 15.9. The van der Waals surface area contributed by atoms with Gasteiger partial charge in [0.2, 0.25) is 0 Å². The number of benzene rings is 3. The number of ketones is 1. The van der Waals surface area contributed by atoms with Crippen LogP contribution in [0.3, 0.4) is 0 Å². The fourth-order valence-electron chi connectivity index (χ4n) is 9.39. The number of ether oxygens (including phenoxy) is 4. The number of phenols is 3. The number of aliphatic hydroxyl groups is 2. The number of hydrogen-bond donors (Lipinski definition) is 6. The minimum absolute atomic E-state index is 0.0346. The summed E-state index contributed by atoms with van der Waals surface area (Å²) in [6.45, 7) is 15.0. The number of anilines is 1. The number of hydrogen-bond acceptors (Lipinski definition) is 17. The number of aliphatic hydroxyl groups excluding tert-OH is 2. The first kappa shape index (κ1) is 52.4. The fourth-order valence-corrected chi connectivity index (χ4v) is 9.51. The van der Waals surface area contributed by atoms with Crippen molar-refractivity contribution in [3.8, 4) is 34.3 Å². The minimum Gasteiger partial charge on any atom is -0.507 e. The highest BCUT2D eigenvalue weighted by Gasteiger charge is 2.50. The van der Waals surface area contributed by atoms with E-state index < -0.39 is 88.8 Å². The van der Waals surface area contributed by atoms with Crippen molar-refractivity contribution in [1.29, 1.82) is 0 Å². The maximum Gasteiger partial charge on any atom is 0.312 e. The van der Waals surface area contributed by atoms with E-state index in [0.29, 0.717) is 49.2 Å². The molecule has 6 N–H and O–H groups in total. The molecule has 4 aromatic rings. The second-order valence-corrected chi connectivity index (χ2v) is 19.2. The largest absolute Gasteiger partial charge is 0.507 e. The van der Waals surface area contributed by atoms with Gasteiger partial charge in [0.25, 0.3) is 11.7 Å². The van der Waals surface area contributed by atoms with E-state index >= 15 is 0 Å². The molecular formula is C52H62ClN5O13. The van der Waals surface area contributed by atoms with Crippen LogP contribution >= 0.6 is 11.6 Å². The van der Waals surface area contributed by atoms with E-state index in [9.17, 15) is 39.9 Å². The molecule has 0 radical (unpaired) electrons. The summed E-state index contributed by atoms with van der Waals surface area (Å²) in [6.07, 6.45) is 4.73. The number of rotatable bonds is 7. The van der Waals surface area contributed by atoms with Gasteiger partial charge in [0, 0.05) is 104 Å². The summed E-state index contributed by atoms with van der Waals surface area (Å²) in [4.78, 5) is 43.2. The lowest BCUT2D eigenvalue weighted by Gasteiger charge is -2.38. The molecule has 1 fully saturated rings. The Bertz CT molecular complexity index is 2780. The van der Waals surface area contributed by atoms with Crippen molar-refractivity contribution in [3.63, 3.8) is 0 Å². The van der Waals surface area contributed by atoms with Crippen molar-refractivity contribution in [2.75, 3.05) is 38.6 Å². The van der Waals surface area contributed by atoms with Gasteiger partial charge in [0.15, 0.2) is 11.5 Å². The predicted molar refractivity (Wildman–Crippen MR) is 265 cm³/mol. The van der Waals surface area contributed by atoms with Crippen LogP contribution in [0, 0.1) is 30.6 Å². The van der Waals surface area contributed by atoms with Crippen molar-refractivity contribution >= 4 is 51.9 Å². The third-order valence-electron chi connectivity index (χ3n) is 13.8. The van der Waals surface area contributed by atoms with Gasteiger partial charge in [-0.3, -0.25) is 24.3 Å². The Balaban J connectivity index is 1.26. The first-order valence-electron chi connectivity index (χ1n) is 23.5. The van der Waals surface area contributed by atoms with Crippen LogP contribution < -0.4 is 10.1 Å². The van der Waals surface area contributed by atoms with E-state index in [1.54, 1.807) is 57.0 Å². The molecule has 4 aliphatic heterocycles. The lowest BCUT2D eigenvalue weighted by atomic mass is 9.78. The van der Waals surface area contributed by atoms with Crippen LogP contribution in [0.4, 0.5) is 5.69 Å². The normalized spacial score (nSPS) is 28.6. The number of phenolic OH excluding ortho intramolecular Hbond substituents is 3. The van der Waals surface area contributed by atoms with Crippen LogP contribution in [-0.2, 0) is 30.3 Å². The molecular weight excluding hydrogens is 938 g/mol. The first-order valence-corrected chi connectivity index (χ1v) is 23.8. The number of aromatic hydroxyl groups is 3. The summed E-state index contributed by atoms with van der Waals surface area (Å²) in [5.41, 5.74) is 1.05. The van der Waals surface area contributed by atoms with Crippen molar-refractivity contribution in [2.24, 2.45) is 28.8 Å². The zero-order valence-electron chi connectivity index (χ0n) is 41.2. The molecule has 1 amide bonds. The molecule has 0 spiro atoms. The van der Waals surface area contributed by atoms with Crippen molar-refractivity contribution in [2.45, 2.75) is 92.1 Å². The number of methoxy groups -OCH3 is 1. The number of carbonyl (C=O) groups is 3. The highest BCUT2D eigenvalue weighted by Crippen LogP contribution is 2.55. The van der Waals surface area contributed by atoms with Gasteiger partial charge in [-0.05, 0) is 32.1 Å². The van der Waals surface area contributed by atoms with Gasteiger partial charge >= 0.3 is 11.8 Å². The number of nitrogens with zero attached hydrogens (tertiary/aromatic N) is 4. The molecule has 1 aromatic heterocycles. The molecule has 3 aromatic carbocycles. The zero-order chi connectivity index (χ0) is 51.6. The SMILES string of the molecule is CO[C@H]1/C=C/O[C@@]2(C)Oc3c(C)c(O)c4c(O)c(c(/C=N/N5CCN(Cc6cc(-c7ccc(Cl)cc7)no6)CC5)c(O)c4c3C2=O)NC(=O)/C(C)=C\C=C\[C@H](C)[C@H](O)[C@@H](C)[C@@H](O)[C@@H](C)[C@H](OC(C)=O)[C@@H]1C. The topological polar surface area (TPSA) is 246 Å². The van der Waals surface area contributed by atoms with Crippen molar-refractivity contribution < 1.29 is 63.4 Å². The summed E-state index contributed by atoms with van der Waals surface area (Å²) < 4.78 is 29.4. The first-order chi connectivity index (χ1) is 33.6. The number of amides is 1. The number of allylic oxidation sites excluding steroid dienone is 2. The molecule has 380 valence electrons. The van der Waals surface area contributed by atoms with Crippen LogP contribution in [0.25, 0.3) is 22.0 Å². The number of hydrazone groups is 1. The number of Topliss-reactive ketones (excluding diaryl/α,β-unsaturated/α-hetero) is 1. The summed E-state index contributed by atoms with van der Waals surface area (Å²) >= 11 is 6.05. The maximum absolute atomic E-state index is 14.6. The highest BCUT2D eigenvalue weighted by molar-refractivity contribution is 6.30. The number of carbonyl (C=O) groups excluding carboxylic acids is 3. The Morgan fingerprint density at radius 2 is 1.65 bits per heavy atom. The number of aromatic nitrogens is 1. The second-order valence-electron chi connectivity index (χ2n) is 18.8. The quantitative estimate of drug-likeness (QED) is 0.0463. The molecule has 71 heavy (non-hydrogen) atoms. The van der Waals surface area contributed by atoms with Gasteiger partial charge in [-0.1, -0.05) is 74.8 Å². The van der Waals surface area contributed by atoms with Gasteiger partial charge < -0.3 is 54.3 Å². The lowest BCUT2D eigenvalue weighted by Crippen LogP contribution is -2.46. The number of nitrogens with one attached hydrogen (secondary N) is 1. The molecule has 0 saturated carbocycles. The molecule has 5 heterocycles. The molecule has 1 saturated heterocycles. The average Bonchev–Trinajstić information content (AvgIpc) is 3.92. The average molecular weight is 1000 g/mol.